The molecule has 11 heteroatoms. The van der Waals surface area contributed by atoms with Crippen molar-refractivity contribution in [3.63, 3.8) is 0 Å². The van der Waals surface area contributed by atoms with Gasteiger partial charge >= 0.3 is 0 Å². The largest absolute Gasteiger partial charge is 0.365 e. The van der Waals surface area contributed by atoms with Gasteiger partial charge in [0, 0.05) is 35.6 Å². The molecule has 0 aliphatic carbocycles. The quantitative estimate of drug-likeness (QED) is 0.325. The SMILES string of the molecule is CC(C)C(=O)Nc1cncc(-c2cnc3n[nH]c(-c4nc5c(C(N)=O)cncc5[nH]4)c3c2)c1. The molecule has 33 heavy (non-hydrogen) atoms. The van der Waals surface area contributed by atoms with E-state index in [9.17, 15) is 9.59 Å². The van der Waals surface area contributed by atoms with Crippen LogP contribution in [-0.4, -0.2) is 46.9 Å². The number of nitrogens with one attached hydrogen (secondary N) is 3. The van der Waals surface area contributed by atoms with Crippen LogP contribution in [0.3, 0.4) is 0 Å². The number of hydrogen-bond acceptors (Lipinski definition) is 7. The number of fused-ring (bicyclic) bond motifs is 2. The third-order valence-electron chi connectivity index (χ3n) is 5.17. The highest BCUT2D eigenvalue weighted by atomic mass is 16.2. The van der Waals surface area contributed by atoms with Crippen LogP contribution in [-0.2, 0) is 4.79 Å². The summed E-state index contributed by atoms with van der Waals surface area (Å²) in [6.07, 6.45) is 7.93. The lowest BCUT2D eigenvalue weighted by atomic mass is 10.1. The van der Waals surface area contributed by atoms with Crippen molar-refractivity contribution in [3.8, 4) is 22.6 Å². The molecule has 0 unspecified atom stereocenters. The molecule has 0 saturated heterocycles. The van der Waals surface area contributed by atoms with Crippen molar-refractivity contribution in [2.24, 2.45) is 11.7 Å². The fraction of sp³-hybridized carbons (Fsp3) is 0.136. The lowest BCUT2D eigenvalue weighted by Crippen LogP contribution is -2.17. The third-order valence-corrected chi connectivity index (χ3v) is 5.17. The first kappa shape index (κ1) is 20.2. The Morgan fingerprint density at radius 3 is 2.61 bits per heavy atom. The van der Waals surface area contributed by atoms with Crippen molar-refractivity contribution < 1.29 is 9.59 Å². The summed E-state index contributed by atoms with van der Waals surface area (Å²) in [7, 11) is 0. The normalized spacial score (nSPS) is 11.4. The number of aromatic amines is 2. The molecule has 0 spiro atoms. The van der Waals surface area contributed by atoms with Crippen LogP contribution in [0.4, 0.5) is 5.69 Å². The van der Waals surface area contributed by atoms with Crippen LogP contribution >= 0.6 is 0 Å². The Labute approximate surface area is 186 Å². The molecule has 2 amide bonds. The summed E-state index contributed by atoms with van der Waals surface area (Å²) in [6.45, 7) is 3.65. The monoisotopic (exact) mass is 441 g/mol. The molecule has 0 aliphatic heterocycles. The van der Waals surface area contributed by atoms with Crippen LogP contribution in [0.5, 0.6) is 0 Å². The van der Waals surface area contributed by atoms with E-state index in [1.165, 1.54) is 6.20 Å². The Bertz CT molecular complexity index is 1530. The lowest BCUT2D eigenvalue weighted by molar-refractivity contribution is -0.118. The minimum absolute atomic E-state index is 0.0886. The van der Waals surface area contributed by atoms with Gasteiger partial charge in [-0.2, -0.15) is 5.10 Å². The Kier molecular flexibility index (Phi) is 4.78. The molecule has 0 aromatic carbocycles. The highest BCUT2D eigenvalue weighted by Gasteiger charge is 2.17. The minimum Gasteiger partial charge on any atom is -0.365 e. The summed E-state index contributed by atoms with van der Waals surface area (Å²) in [5.41, 5.74) is 9.94. The number of carbonyl (C=O) groups is 2. The molecule has 0 saturated carbocycles. The van der Waals surface area contributed by atoms with E-state index in [0.29, 0.717) is 33.9 Å². The van der Waals surface area contributed by atoms with Gasteiger partial charge in [0.05, 0.1) is 34.5 Å². The third kappa shape index (κ3) is 3.65. The van der Waals surface area contributed by atoms with Crippen molar-refractivity contribution in [1.29, 1.82) is 0 Å². The molecule has 0 bridgehead atoms. The Morgan fingerprint density at radius 2 is 1.82 bits per heavy atom. The van der Waals surface area contributed by atoms with Gasteiger partial charge < -0.3 is 16.0 Å². The van der Waals surface area contributed by atoms with E-state index in [1.807, 2.05) is 26.0 Å². The van der Waals surface area contributed by atoms with E-state index < -0.39 is 5.91 Å². The average molecular weight is 441 g/mol. The van der Waals surface area contributed by atoms with Crippen LogP contribution in [0.15, 0.2) is 43.1 Å². The number of H-pyrrole nitrogens is 2. The van der Waals surface area contributed by atoms with Gasteiger partial charge in [0.2, 0.25) is 5.91 Å². The van der Waals surface area contributed by atoms with Gasteiger partial charge in [0.25, 0.3) is 5.91 Å². The predicted molar refractivity (Wildman–Crippen MR) is 122 cm³/mol. The molecular weight excluding hydrogens is 422 g/mol. The molecular formula is C22H19N9O2. The van der Waals surface area contributed by atoms with E-state index in [2.05, 4.69) is 40.4 Å². The lowest BCUT2D eigenvalue weighted by Gasteiger charge is -2.09. The molecule has 0 aliphatic rings. The summed E-state index contributed by atoms with van der Waals surface area (Å²) in [5.74, 6) is -0.372. The summed E-state index contributed by atoms with van der Waals surface area (Å²) in [4.78, 5) is 44.2. The van der Waals surface area contributed by atoms with Crippen LogP contribution in [0.25, 0.3) is 44.7 Å². The maximum absolute atomic E-state index is 12.0. The number of primary amides is 1. The van der Waals surface area contributed by atoms with Gasteiger partial charge in [-0.1, -0.05) is 13.8 Å². The molecule has 5 heterocycles. The predicted octanol–water partition coefficient (Wildman–Crippen LogP) is 2.65. The van der Waals surface area contributed by atoms with Crippen molar-refractivity contribution >= 4 is 39.6 Å². The number of amides is 2. The molecule has 0 atom stereocenters. The standard InChI is InChI=1S/C22H19N9O2/c1-10(2)22(33)27-13-3-11(5-24-7-13)12-4-14-18(30-31-20(14)26-6-12)21-28-16-9-25-8-15(19(23)32)17(16)29-21/h3-10H,1-2H3,(H2,23,32)(H,27,33)(H,28,29)(H,26,30,31). The number of nitrogens with two attached hydrogens (primary N) is 1. The van der Waals surface area contributed by atoms with Crippen molar-refractivity contribution in [2.45, 2.75) is 13.8 Å². The van der Waals surface area contributed by atoms with Gasteiger partial charge in [-0.15, -0.1) is 0 Å². The minimum atomic E-state index is -0.610. The van der Waals surface area contributed by atoms with E-state index >= 15 is 0 Å². The van der Waals surface area contributed by atoms with E-state index in [1.54, 1.807) is 24.8 Å². The fourth-order valence-electron chi connectivity index (χ4n) is 3.42. The van der Waals surface area contributed by atoms with Gasteiger partial charge in [-0.25, -0.2) is 9.97 Å². The average Bonchev–Trinajstić information content (AvgIpc) is 3.42. The topological polar surface area (TPSA) is 168 Å². The first-order valence-electron chi connectivity index (χ1n) is 10.1. The zero-order valence-corrected chi connectivity index (χ0v) is 17.7. The van der Waals surface area contributed by atoms with Crippen LogP contribution in [0.1, 0.15) is 24.2 Å². The number of anilines is 1. The summed E-state index contributed by atoms with van der Waals surface area (Å²) in [6, 6.07) is 3.74. The molecule has 5 aromatic heterocycles. The van der Waals surface area contributed by atoms with Crippen molar-refractivity contribution in [3.05, 3.63) is 48.7 Å². The van der Waals surface area contributed by atoms with Gasteiger partial charge in [0.1, 0.15) is 11.2 Å². The number of aromatic nitrogens is 7. The van der Waals surface area contributed by atoms with E-state index in [0.717, 1.165) is 16.5 Å². The Morgan fingerprint density at radius 1 is 1.03 bits per heavy atom. The van der Waals surface area contributed by atoms with Crippen LogP contribution in [0.2, 0.25) is 0 Å². The molecule has 0 fully saturated rings. The zero-order valence-electron chi connectivity index (χ0n) is 17.7. The van der Waals surface area contributed by atoms with Crippen molar-refractivity contribution in [1.82, 2.24) is 35.1 Å². The second-order valence-corrected chi connectivity index (χ2v) is 7.83. The first-order chi connectivity index (χ1) is 15.9. The van der Waals surface area contributed by atoms with Gasteiger partial charge in [0.15, 0.2) is 11.5 Å². The molecule has 0 radical (unpaired) electrons. The number of nitrogens with zero attached hydrogens (tertiary/aromatic N) is 5. The second kappa shape index (κ2) is 7.79. The number of pyridine rings is 3. The molecule has 5 rings (SSSR count). The van der Waals surface area contributed by atoms with Gasteiger partial charge in [-0.05, 0) is 12.1 Å². The number of carbonyl (C=O) groups excluding carboxylic acids is 2. The maximum atomic E-state index is 12.0. The highest BCUT2D eigenvalue weighted by Crippen LogP contribution is 2.30. The van der Waals surface area contributed by atoms with Crippen molar-refractivity contribution in [2.75, 3.05) is 5.32 Å². The molecule has 164 valence electrons. The summed E-state index contributed by atoms with van der Waals surface area (Å²) in [5, 5.41) is 10.8. The first-order valence-corrected chi connectivity index (χ1v) is 10.1. The molecule has 11 nitrogen and oxygen atoms in total. The van der Waals surface area contributed by atoms with Crippen LogP contribution in [0, 0.1) is 5.92 Å². The van der Waals surface area contributed by atoms with E-state index in [4.69, 9.17) is 5.73 Å². The summed E-state index contributed by atoms with van der Waals surface area (Å²) >= 11 is 0. The van der Waals surface area contributed by atoms with Gasteiger partial charge in [-0.3, -0.25) is 24.7 Å². The molecule has 5 N–H and O–H groups in total. The smallest absolute Gasteiger partial charge is 0.252 e. The zero-order chi connectivity index (χ0) is 23.1. The fourth-order valence-corrected chi connectivity index (χ4v) is 3.42. The Hall–Kier alpha value is -4.67. The number of hydrogen-bond donors (Lipinski definition) is 4. The Balaban J connectivity index is 1.57. The molecule has 5 aromatic rings. The van der Waals surface area contributed by atoms with E-state index in [-0.39, 0.29) is 17.4 Å². The van der Waals surface area contributed by atoms with Crippen LogP contribution < -0.4 is 11.1 Å². The summed E-state index contributed by atoms with van der Waals surface area (Å²) < 4.78 is 0. The highest BCUT2D eigenvalue weighted by molar-refractivity contribution is 6.04. The number of imidazole rings is 1. The second-order valence-electron chi connectivity index (χ2n) is 7.83. The number of rotatable bonds is 5. The maximum Gasteiger partial charge on any atom is 0.252 e.